The van der Waals surface area contributed by atoms with Gasteiger partial charge in [-0.15, -0.1) is 11.3 Å². The van der Waals surface area contributed by atoms with Crippen molar-refractivity contribution in [3.8, 4) is 5.75 Å². The summed E-state index contributed by atoms with van der Waals surface area (Å²) in [5, 5.41) is 0. The lowest BCUT2D eigenvalue weighted by Gasteiger charge is -2.06. The van der Waals surface area contributed by atoms with Gasteiger partial charge >= 0.3 is 0 Å². The molecule has 102 valence electrons. The van der Waals surface area contributed by atoms with E-state index in [9.17, 15) is 8.42 Å². The third-order valence-electron chi connectivity index (χ3n) is 2.41. The summed E-state index contributed by atoms with van der Waals surface area (Å²) in [6, 6.07) is 10.3. The third kappa shape index (κ3) is 3.70. The molecule has 0 bridgehead atoms. The molecule has 2 aromatic rings. The van der Waals surface area contributed by atoms with E-state index in [0.717, 1.165) is 16.9 Å². The molecule has 0 fully saturated rings. The zero-order chi connectivity index (χ0) is 13.9. The van der Waals surface area contributed by atoms with Crippen LogP contribution in [0.1, 0.15) is 5.56 Å². The lowest BCUT2D eigenvalue weighted by molar-refractivity contribution is 0.414. The van der Waals surface area contributed by atoms with E-state index in [1.807, 2.05) is 12.1 Å². The number of methoxy groups -OCH3 is 1. The van der Waals surface area contributed by atoms with Crippen LogP contribution in [0.15, 0.2) is 40.6 Å². The summed E-state index contributed by atoms with van der Waals surface area (Å²) in [6.07, 6.45) is 0. The van der Waals surface area contributed by atoms with E-state index < -0.39 is 10.0 Å². The first kappa shape index (κ1) is 14.3. The largest absolute Gasteiger partial charge is 0.497 e. The summed E-state index contributed by atoms with van der Waals surface area (Å²) >= 11 is 6.76. The Balaban J connectivity index is 2.09. The molecule has 0 saturated heterocycles. The number of benzene rings is 1. The quantitative estimate of drug-likeness (QED) is 0.922. The fourth-order valence-corrected chi connectivity index (χ4v) is 4.02. The normalized spacial score (nSPS) is 11.5. The number of nitrogens with one attached hydrogen (secondary N) is 1. The second-order valence-electron chi connectivity index (χ2n) is 3.73. The molecule has 0 aliphatic carbocycles. The molecule has 1 aromatic heterocycles. The van der Waals surface area contributed by atoms with Gasteiger partial charge in [-0.1, -0.05) is 23.7 Å². The van der Waals surface area contributed by atoms with Crippen LogP contribution in [0.25, 0.3) is 0 Å². The number of hydrogen-bond acceptors (Lipinski definition) is 4. The second kappa shape index (κ2) is 5.92. The standard InChI is InChI=1S/C12H12ClNO3S2/c1-17-10-4-2-3-9(7-10)8-14-19(15,16)12-6-5-11(13)18-12/h2-7,14H,8H2,1H3. The molecule has 1 heterocycles. The van der Waals surface area contributed by atoms with Crippen LogP contribution in [0.5, 0.6) is 5.75 Å². The maximum absolute atomic E-state index is 12.0. The number of hydrogen-bond donors (Lipinski definition) is 1. The van der Waals surface area contributed by atoms with E-state index in [-0.39, 0.29) is 10.8 Å². The van der Waals surface area contributed by atoms with Gasteiger partial charge in [-0.05, 0) is 29.8 Å². The highest BCUT2D eigenvalue weighted by Crippen LogP contribution is 2.25. The SMILES string of the molecule is COc1cccc(CNS(=O)(=O)c2ccc(Cl)s2)c1. The van der Waals surface area contributed by atoms with E-state index >= 15 is 0 Å². The maximum atomic E-state index is 12.0. The smallest absolute Gasteiger partial charge is 0.250 e. The zero-order valence-corrected chi connectivity index (χ0v) is 12.5. The van der Waals surface area contributed by atoms with E-state index in [1.54, 1.807) is 25.3 Å². The van der Waals surface area contributed by atoms with Gasteiger partial charge < -0.3 is 4.74 Å². The minimum atomic E-state index is -3.51. The first-order valence-corrected chi connectivity index (χ1v) is 8.07. The minimum absolute atomic E-state index is 0.203. The van der Waals surface area contributed by atoms with Crippen molar-refractivity contribution >= 4 is 33.0 Å². The van der Waals surface area contributed by atoms with Crippen LogP contribution < -0.4 is 9.46 Å². The van der Waals surface area contributed by atoms with Crippen molar-refractivity contribution in [3.05, 3.63) is 46.3 Å². The minimum Gasteiger partial charge on any atom is -0.497 e. The van der Waals surface area contributed by atoms with Crippen LogP contribution in [0.2, 0.25) is 4.34 Å². The first-order chi connectivity index (χ1) is 9.01. The summed E-state index contributed by atoms with van der Waals surface area (Å²) < 4.78 is 32.2. The highest BCUT2D eigenvalue weighted by atomic mass is 35.5. The Bertz CT molecular complexity index is 667. The summed E-state index contributed by atoms with van der Waals surface area (Å²) in [5.74, 6) is 0.691. The number of sulfonamides is 1. The van der Waals surface area contributed by atoms with Crippen LogP contribution >= 0.6 is 22.9 Å². The van der Waals surface area contributed by atoms with Crippen LogP contribution in [0.3, 0.4) is 0 Å². The van der Waals surface area contributed by atoms with Gasteiger partial charge in [0, 0.05) is 6.54 Å². The van der Waals surface area contributed by atoms with Crippen LogP contribution in [0, 0.1) is 0 Å². The molecule has 19 heavy (non-hydrogen) atoms. The maximum Gasteiger partial charge on any atom is 0.250 e. The van der Waals surface area contributed by atoms with Gasteiger partial charge in [0.25, 0.3) is 0 Å². The first-order valence-electron chi connectivity index (χ1n) is 5.39. The second-order valence-corrected chi connectivity index (χ2v) is 7.44. The number of rotatable bonds is 5. The van der Waals surface area contributed by atoms with Gasteiger partial charge in [0.1, 0.15) is 9.96 Å². The Morgan fingerprint density at radius 1 is 1.32 bits per heavy atom. The lowest BCUT2D eigenvalue weighted by atomic mass is 10.2. The van der Waals surface area contributed by atoms with Gasteiger partial charge in [-0.2, -0.15) is 0 Å². The van der Waals surface area contributed by atoms with Crippen molar-refractivity contribution in [2.24, 2.45) is 0 Å². The van der Waals surface area contributed by atoms with Crippen molar-refractivity contribution in [3.63, 3.8) is 0 Å². The molecule has 0 aliphatic rings. The van der Waals surface area contributed by atoms with Gasteiger partial charge in [-0.3, -0.25) is 0 Å². The average Bonchev–Trinajstić information content (AvgIpc) is 2.84. The zero-order valence-electron chi connectivity index (χ0n) is 10.1. The molecular formula is C12H12ClNO3S2. The molecule has 0 spiro atoms. The van der Waals surface area contributed by atoms with Crippen LogP contribution in [0.4, 0.5) is 0 Å². The Kier molecular flexibility index (Phi) is 4.46. The van der Waals surface area contributed by atoms with Crippen molar-refractivity contribution < 1.29 is 13.2 Å². The van der Waals surface area contributed by atoms with Crippen LogP contribution in [-0.4, -0.2) is 15.5 Å². The fourth-order valence-electron chi connectivity index (χ4n) is 1.47. The van der Waals surface area contributed by atoms with Gasteiger partial charge in [0.2, 0.25) is 10.0 Å². The van der Waals surface area contributed by atoms with E-state index in [4.69, 9.17) is 16.3 Å². The molecule has 4 nitrogen and oxygen atoms in total. The predicted octanol–water partition coefficient (Wildman–Crippen LogP) is 2.89. The van der Waals surface area contributed by atoms with Gasteiger partial charge in [0.05, 0.1) is 11.4 Å². The molecule has 1 aromatic carbocycles. The molecule has 2 rings (SSSR count). The molecular weight excluding hydrogens is 306 g/mol. The molecule has 0 amide bonds. The van der Waals surface area contributed by atoms with E-state index in [2.05, 4.69) is 4.72 Å². The highest BCUT2D eigenvalue weighted by molar-refractivity contribution is 7.91. The Hall–Kier alpha value is -1.08. The lowest BCUT2D eigenvalue weighted by Crippen LogP contribution is -2.22. The molecule has 1 N–H and O–H groups in total. The molecule has 0 atom stereocenters. The van der Waals surface area contributed by atoms with Gasteiger partial charge in [-0.25, -0.2) is 13.1 Å². The highest BCUT2D eigenvalue weighted by Gasteiger charge is 2.16. The summed E-state index contributed by atoms with van der Waals surface area (Å²) in [6.45, 7) is 0.203. The molecule has 0 aliphatic heterocycles. The van der Waals surface area contributed by atoms with Crippen molar-refractivity contribution in [2.75, 3.05) is 7.11 Å². The van der Waals surface area contributed by atoms with Crippen molar-refractivity contribution in [1.29, 1.82) is 0 Å². The molecule has 0 saturated carbocycles. The predicted molar refractivity (Wildman–Crippen MR) is 76.3 cm³/mol. The summed E-state index contributed by atoms with van der Waals surface area (Å²) in [5.41, 5.74) is 0.825. The number of ether oxygens (including phenoxy) is 1. The number of halogens is 1. The van der Waals surface area contributed by atoms with Gasteiger partial charge in [0.15, 0.2) is 0 Å². The summed E-state index contributed by atoms with van der Waals surface area (Å²) in [7, 11) is -1.95. The van der Waals surface area contributed by atoms with E-state index in [0.29, 0.717) is 10.1 Å². The molecule has 0 unspecified atom stereocenters. The fraction of sp³-hybridized carbons (Fsp3) is 0.167. The Morgan fingerprint density at radius 2 is 2.11 bits per heavy atom. The van der Waals surface area contributed by atoms with E-state index in [1.165, 1.54) is 6.07 Å². The van der Waals surface area contributed by atoms with Crippen LogP contribution in [-0.2, 0) is 16.6 Å². The number of thiophene rings is 1. The molecule has 0 radical (unpaired) electrons. The van der Waals surface area contributed by atoms with Crippen molar-refractivity contribution in [1.82, 2.24) is 4.72 Å². The Labute approximate surface area is 121 Å². The third-order valence-corrected chi connectivity index (χ3v) is 5.54. The molecule has 7 heteroatoms. The summed E-state index contributed by atoms with van der Waals surface area (Å²) in [4.78, 5) is 0. The average molecular weight is 318 g/mol. The monoisotopic (exact) mass is 317 g/mol. The Morgan fingerprint density at radius 3 is 2.74 bits per heavy atom. The van der Waals surface area contributed by atoms with Crippen molar-refractivity contribution in [2.45, 2.75) is 10.8 Å². The topological polar surface area (TPSA) is 55.4 Å².